The zero-order valence-electron chi connectivity index (χ0n) is 14.5. The van der Waals surface area contributed by atoms with Gasteiger partial charge in [-0.3, -0.25) is 0 Å². The zero-order chi connectivity index (χ0) is 16.9. The number of nitrogens with zero attached hydrogens (tertiary/aromatic N) is 1. The molecule has 1 aromatic carbocycles. The third-order valence-electron chi connectivity index (χ3n) is 3.27. The van der Waals surface area contributed by atoms with Crippen molar-refractivity contribution >= 4 is 22.0 Å². The summed E-state index contributed by atoms with van der Waals surface area (Å²) in [6.07, 6.45) is 0.179. The van der Waals surface area contributed by atoms with Gasteiger partial charge in [0.15, 0.2) is 0 Å². The first-order valence-electron chi connectivity index (χ1n) is 7.25. The Bertz CT molecular complexity index is 574. The number of anilines is 1. The number of aryl methyl sites for hydroxylation is 1. The van der Waals surface area contributed by atoms with Crippen LogP contribution in [-0.4, -0.2) is 11.6 Å². The molecule has 1 radical (unpaired) electrons. The van der Waals surface area contributed by atoms with E-state index in [4.69, 9.17) is 0 Å². The molecule has 1 saturated heterocycles. The SMILES string of the molecule is C=C1CCC(=C)N1c1cc(S(=C)C[C-](F)F)[c-]cc1C.CC.[W].[Y]. The van der Waals surface area contributed by atoms with Crippen molar-refractivity contribution in [1.82, 2.24) is 0 Å². The van der Waals surface area contributed by atoms with Crippen LogP contribution in [0, 0.1) is 19.4 Å². The minimum atomic E-state index is -1.59. The first-order valence-corrected chi connectivity index (χ1v) is 8.82. The minimum Gasteiger partial charge on any atom is -0.420 e. The van der Waals surface area contributed by atoms with E-state index in [9.17, 15) is 8.78 Å². The van der Waals surface area contributed by atoms with Crippen LogP contribution in [0.15, 0.2) is 41.6 Å². The number of halogens is 2. The van der Waals surface area contributed by atoms with Crippen LogP contribution in [0.2, 0.25) is 0 Å². The molecule has 1 aromatic rings. The molecule has 131 valence electrons. The average Bonchev–Trinajstić information content (AvgIpc) is 2.80. The van der Waals surface area contributed by atoms with Crippen LogP contribution in [0.5, 0.6) is 0 Å². The van der Waals surface area contributed by atoms with Crippen molar-refractivity contribution in [1.29, 1.82) is 0 Å². The van der Waals surface area contributed by atoms with E-state index < -0.39 is 16.9 Å². The molecule has 0 aliphatic carbocycles. The van der Waals surface area contributed by atoms with E-state index in [1.165, 1.54) is 0 Å². The van der Waals surface area contributed by atoms with Crippen molar-refractivity contribution in [2.45, 2.75) is 38.5 Å². The molecule has 1 aliphatic heterocycles. The molecular formula is C18H23F2NSWY-2. The Labute approximate surface area is 187 Å². The van der Waals surface area contributed by atoms with E-state index in [2.05, 4.69) is 25.1 Å². The minimum absolute atomic E-state index is 0. The molecule has 0 bridgehead atoms. The summed E-state index contributed by atoms with van der Waals surface area (Å²) in [5.41, 5.74) is 3.95. The van der Waals surface area contributed by atoms with Crippen LogP contribution in [0.4, 0.5) is 14.5 Å². The monoisotopic (exact) mass is 596 g/mol. The quantitative estimate of drug-likeness (QED) is 0.308. The van der Waals surface area contributed by atoms with Gasteiger partial charge in [0.2, 0.25) is 0 Å². The van der Waals surface area contributed by atoms with Crippen molar-refractivity contribution in [3.05, 3.63) is 54.7 Å². The summed E-state index contributed by atoms with van der Waals surface area (Å²) in [6, 6.07) is 6.76. The van der Waals surface area contributed by atoms with Crippen LogP contribution in [-0.2, 0) is 53.8 Å². The third-order valence-corrected chi connectivity index (χ3v) is 4.70. The summed E-state index contributed by atoms with van der Waals surface area (Å²) in [5.74, 6) is 3.51. The molecule has 2 rings (SSSR count). The predicted octanol–water partition coefficient (Wildman–Crippen LogP) is 5.93. The van der Waals surface area contributed by atoms with Gasteiger partial charge in [-0.2, -0.15) is 12.1 Å². The fourth-order valence-corrected chi connectivity index (χ4v) is 3.15. The van der Waals surface area contributed by atoms with Gasteiger partial charge < -0.3 is 13.7 Å². The van der Waals surface area contributed by atoms with E-state index in [1.807, 2.05) is 37.8 Å². The first-order chi connectivity index (χ1) is 10.4. The molecule has 1 atom stereocenters. The van der Waals surface area contributed by atoms with Crippen LogP contribution in [0.25, 0.3) is 0 Å². The van der Waals surface area contributed by atoms with E-state index in [0.717, 1.165) is 35.5 Å². The molecule has 0 spiro atoms. The Balaban J connectivity index is 0. The van der Waals surface area contributed by atoms with Crippen LogP contribution in [0.1, 0.15) is 32.3 Å². The predicted molar refractivity (Wildman–Crippen MR) is 94.7 cm³/mol. The Hall–Kier alpha value is 0.372. The average molecular weight is 596 g/mol. The number of benzene rings is 1. The summed E-state index contributed by atoms with van der Waals surface area (Å²) in [7, 11) is -0.783. The molecule has 1 heterocycles. The van der Waals surface area contributed by atoms with Gasteiger partial charge in [-0.15, -0.1) is 16.5 Å². The van der Waals surface area contributed by atoms with E-state index in [0.29, 0.717) is 4.90 Å². The summed E-state index contributed by atoms with van der Waals surface area (Å²) < 4.78 is 24.8. The van der Waals surface area contributed by atoms with Gasteiger partial charge in [0.1, 0.15) is 0 Å². The fourth-order valence-electron chi connectivity index (χ4n) is 2.23. The molecular weight excluding hydrogens is 573 g/mol. The van der Waals surface area contributed by atoms with E-state index in [-0.39, 0.29) is 59.5 Å². The van der Waals surface area contributed by atoms with Crippen molar-refractivity contribution in [2.24, 2.45) is 0 Å². The van der Waals surface area contributed by atoms with E-state index >= 15 is 0 Å². The van der Waals surface area contributed by atoms with Crippen LogP contribution >= 0.6 is 10.5 Å². The second-order valence-corrected chi connectivity index (χ2v) is 6.52. The maximum atomic E-state index is 12.4. The van der Waals surface area contributed by atoms with Gasteiger partial charge in [0.05, 0.1) is 0 Å². The Kier molecular flexibility index (Phi) is 14.1. The van der Waals surface area contributed by atoms with Gasteiger partial charge in [-0.25, -0.2) is 10.5 Å². The number of allylic oxidation sites excluding steroid dienone is 2. The summed E-state index contributed by atoms with van der Waals surface area (Å²) in [5, 5.41) is 0. The molecule has 1 unspecified atom stereocenters. The Morgan fingerprint density at radius 3 is 2.21 bits per heavy atom. The molecule has 6 heteroatoms. The standard InChI is InChI=1S/C16H17F2NS.C2H6.W.Y/c1-11-5-8-14(20(4)10-16(17)18)9-15(11)19-12(2)6-7-13(19)3;1-2;;/h5,9H,2-4,6-7,10H2,1H3;1-2H3;;/q-2;;;. The molecule has 0 N–H and O–H groups in total. The molecule has 0 saturated carbocycles. The Morgan fingerprint density at radius 2 is 1.75 bits per heavy atom. The van der Waals surface area contributed by atoms with Crippen molar-refractivity contribution in [3.63, 3.8) is 0 Å². The second-order valence-electron chi connectivity index (χ2n) is 4.81. The Morgan fingerprint density at radius 1 is 1.25 bits per heavy atom. The van der Waals surface area contributed by atoms with Gasteiger partial charge >= 0.3 is 0 Å². The number of hydrogen-bond acceptors (Lipinski definition) is 1. The maximum Gasteiger partial charge on any atom is 0.0138 e. The van der Waals surface area contributed by atoms with Gasteiger partial charge in [-0.05, 0) is 12.8 Å². The smallest absolute Gasteiger partial charge is 0.0138 e. The van der Waals surface area contributed by atoms with Crippen molar-refractivity contribution < 1.29 is 62.6 Å². The number of hydrogen-bond donors (Lipinski definition) is 0. The first kappa shape index (κ1) is 26.6. The molecule has 1 nitrogen and oxygen atoms in total. The molecule has 0 aromatic heterocycles. The zero-order valence-corrected chi connectivity index (χ0v) is 21.1. The van der Waals surface area contributed by atoms with Crippen LogP contribution in [0.3, 0.4) is 0 Å². The summed E-state index contributed by atoms with van der Waals surface area (Å²) in [4.78, 5) is 2.73. The van der Waals surface area contributed by atoms with Crippen molar-refractivity contribution in [2.75, 3.05) is 10.7 Å². The van der Waals surface area contributed by atoms with Crippen LogP contribution < -0.4 is 4.90 Å². The molecule has 0 amide bonds. The van der Waals surface area contributed by atoms with Gasteiger partial charge in [0, 0.05) is 71.6 Å². The largest absolute Gasteiger partial charge is 0.420 e. The summed E-state index contributed by atoms with van der Waals surface area (Å²) in [6.45, 7) is 14.1. The molecule has 24 heavy (non-hydrogen) atoms. The molecule has 1 fully saturated rings. The topological polar surface area (TPSA) is 3.24 Å². The van der Waals surface area contributed by atoms with Gasteiger partial charge in [0.25, 0.3) is 0 Å². The number of rotatable bonds is 4. The third kappa shape index (κ3) is 6.94. The summed E-state index contributed by atoms with van der Waals surface area (Å²) >= 11 is 0. The molecule has 1 aliphatic rings. The maximum absolute atomic E-state index is 12.4. The van der Waals surface area contributed by atoms with E-state index in [1.54, 1.807) is 0 Å². The second kappa shape index (κ2) is 12.7. The van der Waals surface area contributed by atoms with Crippen molar-refractivity contribution in [3.8, 4) is 0 Å². The fraction of sp³-hybridized carbons (Fsp3) is 0.333. The van der Waals surface area contributed by atoms with Gasteiger partial charge in [-0.1, -0.05) is 51.2 Å². The normalized spacial score (nSPS) is 14.5.